The van der Waals surface area contributed by atoms with Crippen molar-refractivity contribution in [1.29, 1.82) is 0 Å². The fourth-order valence-electron chi connectivity index (χ4n) is 1.06. The Labute approximate surface area is 77.8 Å². The third-order valence-electron chi connectivity index (χ3n) is 2.05. The van der Waals surface area contributed by atoms with Crippen LogP contribution in [0.5, 0.6) is 0 Å². The van der Waals surface area contributed by atoms with Crippen molar-refractivity contribution >= 4 is 0 Å². The maximum absolute atomic E-state index is 10.0. The molecule has 1 aliphatic rings. The van der Waals surface area contributed by atoms with Crippen LogP contribution in [0.4, 0.5) is 0 Å². The zero-order valence-corrected chi connectivity index (χ0v) is 7.86. The van der Waals surface area contributed by atoms with Gasteiger partial charge in [0.05, 0.1) is 0 Å². The Morgan fingerprint density at radius 1 is 1.54 bits per heavy atom. The van der Waals surface area contributed by atoms with Gasteiger partial charge in [0.2, 0.25) is 0 Å². The minimum Gasteiger partial charge on any atom is -0.370 e. The molecule has 3 heteroatoms. The minimum absolute atomic E-state index is 0.209. The molecule has 1 unspecified atom stereocenters. The van der Waals surface area contributed by atoms with Gasteiger partial charge < -0.3 is 4.74 Å². The van der Waals surface area contributed by atoms with Gasteiger partial charge in [-0.25, -0.2) is 0 Å². The summed E-state index contributed by atoms with van der Waals surface area (Å²) < 4.78 is 5.27. The molecule has 0 bridgehead atoms. The number of hydrogen-bond acceptors (Lipinski definition) is 3. The first-order valence-corrected chi connectivity index (χ1v) is 4.12. The van der Waals surface area contributed by atoms with Crippen LogP contribution in [0.3, 0.4) is 0 Å². The molecule has 70 valence electrons. The normalized spacial score (nSPS) is 26.8. The number of methoxy groups -OCH3 is 1. The molecule has 0 N–H and O–H groups in total. The van der Waals surface area contributed by atoms with Gasteiger partial charge in [0.1, 0.15) is 12.1 Å². The highest BCUT2D eigenvalue weighted by Crippen LogP contribution is 2.17. The Balaban J connectivity index is 2.79. The van der Waals surface area contributed by atoms with E-state index in [0.717, 1.165) is 5.57 Å². The zero-order chi connectivity index (χ0) is 9.73. The number of allylic oxidation sites excluding steroid dienone is 2. The van der Waals surface area contributed by atoms with Crippen LogP contribution in [0.1, 0.15) is 6.92 Å². The molecule has 1 atom stereocenters. The lowest BCUT2D eigenvalue weighted by Crippen LogP contribution is -2.20. The summed E-state index contributed by atoms with van der Waals surface area (Å²) in [4.78, 5) is 10.0. The van der Waals surface area contributed by atoms with Gasteiger partial charge in [-0.1, -0.05) is 23.4 Å². The van der Waals surface area contributed by atoms with E-state index in [1.165, 1.54) is 0 Å². The van der Waals surface area contributed by atoms with Gasteiger partial charge >= 0.3 is 0 Å². The van der Waals surface area contributed by atoms with Gasteiger partial charge in [0, 0.05) is 7.11 Å². The van der Waals surface area contributed by atoms with Gasteiger partial charge in [-0.05, 0) is 24.6 Å². The fraction of sp³-hybridized carbons (Fsp3) is 0.400. The quantitative estimate of drug-likeness (QED) is 0.623. The molecule has 0 aromatic carbocycles. The molecule has 0 aromatic rings. The molecule has 0 fully saturated rings. The molecule has 0 spiro atoms. The number of hydrogen-bond donors (Lipinski definition) is 0. The largest absolute Gasteiger partial charge is 0.370 e. The van der Waals surface area contributed by atoms with Crippen molar-refractivity contribution < 1.29 is 4.74 Å². The summed E-state index contributed by atoms with van der Waals surface area (Å²) in [6.45, 7) is 2.16. The van der Waals surface area contributed by atoms with E-state index in [0.29, 0.717) is 0 Å². The predicted molar refractivity (Wildman–Crippen MR) is 52.4 cm³/mol. The van der Waals surface area contributed by atoms with Gasteiger partial charge in [0.25, 0.3) is 0 Å². The third-order valence-corrected chi connectivity index (χ3v) is 2.05. The van der Waals surface area contributed by atoms with Crippen LogP contribution in [0, 0.1) is 4.91 Å². The molecule has 13 heavy (non-hydrogen) atoms. The molecule has 0 saturated carbocycles. The Hall–Kier alpha value is -1.22. The van der Waals surface area contributed by atoms with Gasteiger partial charge in [-0.15, -0.1) is 0 Å². The molecule has 1 rings (SSSR count). The molecule has 0 amide bonds. The molecular formula is C10H13NO2. The summed E-state index contributed by atoms with van der Waals surface area (Å²) in [7, 11) is 1.65. The van der Waals surface area contributed by atoms with E-state index >= 15 is 0 Å². The van der Waals surface area contributed by atoms with Crippen LogP contribution < -0.4 is 0 Å². The van der Waals surface area contributed by atoms with Crippen LogP contribution >= 0.6 is 0 Å². The lowest BCUT2D eigenvalue weighted by molar-refractivity contribution is 0.0908. The average molecular weight is 179 g/mol. The first-order chi connectivity index (χ1) is 6.20. The summed E-state index contributed by atoms with van der Waals surface area (Å²) in [5.41, 5.74) is 0.522. The van der Waals surface area contributed by atoms with Crippen LogP contribution in [0.15, 0.2) is 41.1 Å². The van der Waals surface area contributed by atoms with E-state index in [4.69, 9.17) is 4.74 Å². The second kappa shape index (κ2) is 4.14. The van der Waals surface area contributed by atoms with Crippen molar-refractivity contribution in [3.63, 3.8) is 0 Å². The van der Waals surface area contributed by atoms with Crippen molar-refractivity contribution in [2.45, 2.75) is 12.5 Å². The van der Waals surface area contributed by atoms with Crippen LogP contribution in [0.25, 0.3) is 0 Å². The van der Waals surface area contributed by atoms with Gasteiger partial charge in [-0.3, -0.25) is 0 Å². The standard InChI is InChI=1S/C10H13NO2/c1-10(13-2)6-3-4-9(5-7-10)8-11-12/h3-7H,8H2,1-2H3. The highest BCUT2D eigenvalue weighted by atomic mass is 16.5. The van der Waals surface area contributed by atoms with Crippen molar-refractivity contribution in [1.82, 2.24) is 0 Å². The lowest BCUT2D eigenvalue weighted by atomic mass is 10.1. The van der Waals surface area contributed by atoms with Crippen molar-refractivity contribution in [2.75, 3.05) is 13.7 Å². The first-order valence-electron chi connectivity index (χ1n) is 4.12. The maximum atomic E-state index is 10.0. The smallest absolute Gasteiger partial charge is 0.106 e. The second-order valence-corrected chi connectivity index (χ2v) is 3.11. The van der Waals surface area contributed by atoms with Gasteiger partial charge in [-0.2, -0.15) is 4.91 Å². The number of ether oxygens (including phenoxy) is 1. The summed E-state index contributed by atoms with van der Waals surface area (Å²) >= 11 is 0. The van der Waals surface area contributed by atoms with Crippen molar-refractivity contribution in [3.8, 4) is 0 Å². The molecule has 0 aromatic heterocycles. The van der Waals surface area contributed by atoms with E-state index < -0.39 is 0 Å². The Morgan fingerprint density at radius 3 is 2.92 bits per heavy atom. The monoisotopic (exact) mass is 179 g/mol. The molecule has 0 aliphatic heterocycles. The maximum Gasteiger partial charge on any atom is 0.106 e. The highest BCUT2D eigenvalue weighted by Gasteiger charge is 2.16. The number of rotatable bonds is 3. The molecule has 3 nitrogen and oxygen atoms in total. The fourth-order valence-corrected chi connectivity index (χ4v) is 1.06. The second-order valence-electron chi connectivity index (χ2n) is 3.11. The summed E-state index contributed by atoms with van der Waals surface area (Å²) in [5, 5.41) is 2.83. The zero-order valence-electron chi connectivity index (χ0n) is 7.86. The highest BCUT2D eigenvalue weighted by molar-refractivity contribution is 5.33. The van der Waals surface area contributed by atoms with Crippen molar-refractivity contribution in [3.05, 3.63) is 40.9 Å². The molecule has 0 heterocycles. The molecule has 0 saturated heterocycles. The Morgan fingerprint density at radius 2 is 2.31 bits per heavy atom. The van der Waals surface area contributed by atoms with E-state index in [1.54, 1.807) is 7.11 Å². The average Bonchev–Trinajstić information content (AvgIpc) is 2.31. The lowest BCUT2D eigenvalue weighted by Gasteiger charge is -2.18. The topological polar surface area (TPSA) is 38.7 Å². The number of nitroso groups, excluding NO2 is 1. The SMILES string of the molecule is COC1(C)C=CC=C(CN=O)C=C1. The summed E-state index contributed by atoms with van der Waals surface area (Å²) in [6, 6.07) is 0. The van der Waals surface area contributed by atoms with Crippen LogP contribution in [-0.2, 0) is 4.74 Å². The summed E-state index contributed by atoms with van der Waals surface area (Å²) in [6.07, 6.45) is 9.45. The van der Waals surface area contributed by atoms with Crippen molar-refractivity contribution in [2.24, 2.45) is 5.18 Å². The van der Waals surface area contributed by atoms with Gasteiger partial charge in [0.15, 0.2) is 0 Å². The first kappa shape index (κ1) is 9.86. The van der Waals surface area contributed by atoms with E-state index in [9.17, 15) is 4.91 Å². The van der Waals surface area contributed by atoms with E-state index in [-0.39, 0.29) is 12.1 Å². The molecule has 0 radical (unpaired) electrons. The molecule has 1 aliphatic carbocycles. The summed E-state index contributed by atoms with van der Waals surface area (Å²) in [5.74, 6) is 0. The Kier molecular flexibility index (Phi) is 3.14. The van der Waals surface area contributed by atoms with E-state index in [1.807, 2.05) is 37.3 Å². The van der Waals surface area contributed by atoms with Crippen LogP contribution in [-0.4, -0.2) is 19.3 Å². The number of nitrogens with zero attached hydrogens (tertiary/aromatic N) is 1. The van der Waals surface area contributed by atoms with Crippen LogP contribution in [0.2, 0.25) is 0 Å². The molecular weight excluding hydrogens is 166 g/mol. The Bertz CT molecular complexity index is 279. The predicted octanol–water partition coefficient (Wildman–Crippen LogP) is 2.21. The van der Waals surface area contributed by atoms with E-state index in [2.05, 4.69) is 5.18 Å². The third kappa shape index (κ3) is 2.63. The minimum atomic E-state index is -0.374.